The summed E-state index contributed by atoms with van der Waals surface area (Å²) in [6.45, 7) is 5.55. The summed E-state index contributed by atoms with van der Waals surface area (Å²) < 4.78 is 0. The van der Waals surface area contributed by atoms with Crippen LogP contribution in [0.25, 0.3) is 0 Å². The number of thiazole rings is 1. The molecule has 0 N–H and O–H groups in total. The Balaban J connectivity index is 1.97. The number of hydrogen-bond acceptors (Lipinski definition) is 4. The van der Waals surface area contributed by atoms with Crippen molar-refractivity contribution < 1.29 is 0 Å². The molecule has 1 aliphatic rings. The number of aromatic nitrogens is 2. The molecule has 0 radical (unpaired) electrons. The fraction of sp³-hybridized carbons (Fsp3) is 0.467. The molecule has 0 amide bonds. The molecule has 4 heteroatoms. The Morgan fingerprint density at radius 3 is 2.95 bits per heavy atom. The van der Waals surface area contributed by atoms with Crippen LogP contribution in [-0.2, 0) is 0 Å². The third kappa shape index (κ3) is 2.37. The maximum atomic E-state index is 4.64. The number of nitrogens with zero attached hydrogens (tertiary/aromatic N) is 3. The van der Waals surface area contributed by atoms with Gasteiger partial charge in [0.15, 0.2) is 0 Å². The summed E-state index contributed by atoms with van der Waals surface area (Å²) in [5.74, 6) is 1.65. The maximum Gasteiger partial charge on any atom is 0.132 e. The molecular formula is C15H19N3S. The number of pyridine rings is 1. The first-order valence-electron chi connectivity index (χ1n) is 6.88. The minimum Gasteiger partial charge on any atom is -0.347 e. The molecule has 19 heavy (non-hydrogen) atoms. The van der Waals surface area contributed by atoms with E-state index in [2.05, 4.69) is 40.2 Å². The lowest BCUT2D eigenvalue weighted by Gasteiger charge is -2.27. The molecule has 3 rings (SSSR count). The molecule has 0 aliphatic carbocycles. The summed E-state index contributed by atoms with van der Waals surface area (Å²) in [5, 5.41) is 3.28. The van der Waals surface area contributed by atoms with Gasteiger partial charge in [-0.1, -0.05) is 19.9 Å². The summed E-state index contributed by atoms with van der Waals surface area (Å²) in [7, 11) is 0. The van der Waals surface area contributed by atoms with Crippen LogP contribution in [0.3, 0.4) is 0 Å². The van der Waals surface area contributed by atoms with E-state index in [-0.39, 0.29) is 0 Å². The van der Waals surface area contributed by atoms with E-state index < -0.39 is 0 Å². The molecular weight excluding hydrogens is 254 g/mol. The predicted molar refractivity (Wildman–Crippen MR) is 79.8 cm³/mol. The molecule has 1 atom stereocenters. The molecule has 1 fully saturated rings. The third-order valence-corrected chi connectivity index (χ3v) is 4.58. The van der Waals surface area contributed by atoms with Crippen molar-refractivity contribution in [3.63, 3.8) is 0 Å². The maximum absolute atomic E-state index is 4.64. The fourth-order valence-electron chi connectivity index (χ4n) is 2.78. The van der Waals surface area contributed by atoms with E-state index in [0.29, 0.717) is 12.0 Å². The van der Waals surface area contributed by atoms with Crippen molar-refractivity contribution in [2.45, 2.75) is 38.6 Å². The molecule has 2 aromatic heterocycles. The highest BCUT2D eigenvalue weighted by molar-refractivity contribution is 7.09. The summed E-state index contributed by atoms with van der Waals surface area (Å²) in [6, 6.07) is 4.64. The summed E-state index contributed by atoms with van der Waals surface area (Å²) >= 11 is 1.75. The van der Waals surface area contributed by atoms with Crippen molar-refractivity contribution in [1.29, 1.82) is 0 Å². The molecule has 100 valence electrons. The number of rotatable bonds is 3. The van der Waals surface area contributed by atoms with Crippen LogP contribution in [0.4, 0.5) is 5.82 Å². The predicted octanol–water partition coefficient (Wildman–Crippen LogP) is 4.00. The number of anilines is 1. The van der Waals surface area contributed by atoms with Crippen LogP contribution in [0.1, 0.15) is 49.2 Å². The Kier molecular flexibility index (Phi) is 3.51. The SMILES string of the molecule is CC(C)c1cccnc1N1CCCC1c1nccs1. The molecule has 3 nitrogen and oxygen atoms in total. The van der Waals surface area contributed by atoms with Gasteiger partial charge in [-0.25, -0.2) is 9.97 Å². The average Bonchev–Trinajstić information content (AvgIpc) is 3.09. The standard InChI is InChI=1S/C15H19N3S/c1-11(2)12-5-3-7-16-14(12)18-9-4-6-13(18)15-17-8-10-19-15/h3,5,7-8,10-11,13H,4,6,9H2,1-2H3. The van der Waals surface area contributed by atoms with Crippen LogP contribution in [-0.4, -0.2) is 16.5 Å². The van der Waals surface area contributed by atoms with Crippen molar-refractivity contribution >= 4 is 17.2 Å². The second-order valence-electron chi connectivity index (χ2n) is 5.29. The second kappa shape index (κ2) is 5.29. The van der Waals surface area contributed by atoms with E-state index in [1.165, 1.54) is 23.4 Å². The van der Waals surface area contributed by atoms with Crippen LogP contribution in [0.15, 0.2) is 29.9 Å². The van der Waals surface area contributed by atoms with Crippen molar-refractivity contribution in [3.8, 4) is 0 Å². The molecule has 3 heterocycles. The number of hydrogen-bond donors (Lipinski definition) is 0. The molecule has 1 saturated heterocycles. The minimum atomic E-state index is 0.410. The summed E-state index contributed by atoms with van der Waals surface area (Å²) in [4.78, 5) is 11.6. The second-order valence-corrected chi connectivity index (χ2v) is 6.22. The van der Waals surface area contributed by atoms with E-state index in [1.807, 2.05) is 18.5 Å². The van der Waals surface area contributed by atoms with Crippen LogP contribution in [0, 0.1) is 0 Å². The highest BCUT2D eigenvalue weighted by atomic mass is 32.1. The Bertz CT molecular complexity index is 536. The molecule has 2 aromatic rings. The van der Waals surface area contributed by atoms with Gasteiger partial charge in [-0.3, -0.25) is 0 Å². The van der Waals surface area contributed by atoms with E-state index in [9.17, 15) is 0 Å². The topological polar surface area (TPSA) is 29.0 Å². The molecule has 0 spiro atoms. The van der Waals surface area contributed by atoms with Crippen molar-refractivity contribution in [3.05, 3.63) is 40.5 Å². The lowest BCUT2D eigenvalue weighted by Crippen LogP contribution is -2.25. The molecule has 1 aliphatic heterocycles. The normalized spacial score (nSPS) is 19.3. The lowest BCUT2D eigenvalue weighted by atomic mass is 10.0. The summed E-state index contributed by atoms with van der Waals surface area (Å²) in [6.07, 6.45) is 6.21. The minimum absolute atomic E-state index is 0.410. The zero-order valence-corrected chi connectivity index (χ0v) is 12.2. The Morgan fingerprint density at radius 2 is 2.21 bits per heavy atom. The monoisotopic (exact) mass is 273 g/mol. The van der Waals surface area contributed by atoms with Crippen LogP contribution in [0.5, 0.6) is 0 Å². The summed E-state index contributed by atoms with van der Waals surface area (Å²) in [5.41, 5.74) is 1.34. The van der Waals surface area contributed by atoms with Gasteiger partial charge in [0.1, 0.15) is 10.8 Å². The van der Waals surface area contributed by atoms with Gasteiger partial charge in [-0.05, 0) is 30.4 Å². The smallest absolute Gasteiger partial charge is 0.132 e. The quantitative estimate of drug-likeness (QED) is 0.846. The van der Waals surface area contributed by atoms with Gasteiger partial charge < -0.3 is 4.90 Å². The first kappa shape index (κ1) is 12.6. The largest absolute Gasteiger partial charge is 0.347 e. The highest BCUT2D eigenvalue weighted by Gasteiger charge is 2.30. The first-order valence-corrected chi connectivity index (χ1v) is 7.76. The fourth-order valence-corrected chi connectivity index (χ4v) is 3.56. The molecule has 0 saturated carbocycles. The first-order chi connectivity index (χ1) is 9.27. The van der Waals surface area contributed by atoms with Gasteiger partial charge in [0.05, 0.1) is 6.04 Å². The van der Waals surface area contributed by atoms with Crippen molar-refractivity contribution in [2.75, 3.05) is 11.4 Å². The highest BCUT2D eigenvalue weighted by Crippen LogP contribution is 2.38. The Labute approximate surface area is 118 Å². The van der Waals surface area contributed by atoms with Gasteiger partial charge in [0.25, 0.3) is 0 Å². The van der Waals surface area contributed by atoms with Crippen molar-refractivity contribution in [2.24, 2.45) is 0 Å². The average molecular weight is 273 g/mol. The van der Waals surface area contributed by atoms with E-state index in [0.717, 1.165) is 12.4 Å². The van der Waals surface area contributed by atoms with Crippen LogP contribution < -0.4 is 4.90 Å². The molecule has 1 unspecified atom stereocenters. The Morgan fingerprint density at radius 1 is 1.32 bits per heavy atom. The van der Waals surface area contributed by atoms with E-state index in [1.54, 1.807) is 11.3 Å². The van der Waals surface area contributed by atoms with Gasteiger partial charge in [0, 0.05) is 24.3 Å². The van der Waals surface area contributed by atoms with Gasteiger partial charge >= 0.3 is 0 Å². The van der Waals surface area contributed by atoms with Gasteiger partial charge in [-0.15, -0.1) is 11.3 Å². The zero-order chi connectivity index (χ0) is 13.2. The van der Waals surface area contributed by atoms with Gasteiger partial charge in [0.2, 0.25) is 0 Å². The third-order valence-electron chi connectivity index (χ3n) is 3.70. The van der Waals surface area contributed by atoms with E-state index in [4.69, 9.17) is 0 Å². The van der Waals surface area contributed by atoms with Crippen LogP contribution in [0.2, 0.25) is 0 Å². The van der Waals surface area contributed by atoms with E-state index >= 15 is 0 Å². The molecule has 0 bridgehead atoms. The molecule has 0 aromatic carbocycles. The van der Waals surface area contributed by atoms with Crippen molar-refractivity contribution in [1.82, 2.24) is 9.97 Å². The Hall–Kier alpha value is -1.42. The van der Waals surface area contributed by atoms with Crippen LogP contribution >= 0.6 is 11.3 Å². The zero-order valence-electron chi connectivity index (χ0n) is 11.4. The van der Waals surface area contributed by atoms with Gasteiger partial charge in [-0.2, -0.15) is 0 Å². The lowest BCUT2D eigenvalue weighted by molar-refractivity contribution is 0.696.